The lowest BCUT2D eigenvalue weighted by Gasteiger charge is -2.11. The highest BCUT2D eigenvalue weighted by Crippen LogP contribution is 2.17. The summed E-state index contributed by atoms with van der Waals surface area (Å²) in [6, 6.07) is 0. The topological polar surface area (TPSA) is 79.5 Å². The van der Waals surface area contributed by atoms with E-state index in [1.54, 1.807) is 0 Å². The molecule has 0 aromatic carbocycles. The summed E-state index contributed by atoms with van der Waals surface area (Å²) < 4.78 is 4.99. The van der Waals surface area contributed by atoms with Gasteiger partial charge in [0.1, 0.15) is 0 Å². The van der Waals surface area contributed by atoms with Gasteiger partial charge >= 0.3 is 5.97 Å². The number of rotatable bonds is 4. The fourth-order valence-electron chi connectivity index (χ4n) is 1.88. The predicted molar refractivity (Wildman–Crippen MR) is 54.7 cm³/mol. The first-order chi connectivity index (χ1) is 7.69. The van der Waals surface area contributed by atoms with Gasteiger partial charge in [0.05, 0.1) is 12.5 Å². The molecule has 88 valence electrons. The van der Waals surface area contributed by atoms with Crippen LogP contribution in [0.5, 0.6) is 0 Å². The highest BCUT2D eigenvalue weighted by molar-refractivity contribution is 5.70. The molecule has 1 aromatic heterocycles. The van der Waals surface area contributed by atoms with E-state index in [-0.39, 0.29) is 5.92 Å². The Bertz CT molecular complexity index is 377. The molecule has 0 bridgehead atoms. The van der Waals surface area contributed by atoms with Gasteiger partial charge in [-0.25, -0.2) is 0 Å². The number of nitrogens with zero attached hydrogens (tertiary/aromatic N) is 3. The summed E-state index contributed by atoms with van der Waals surface area (Å²) >= 11 is 0. The van der Waals surface area contributed by atoms with Gasteiger partial charge in [0, 0.05) is 13.0 Å². The monoisotopic (exact) mass is 225 g/mol. The fourth-order valence-corrected chi connectivity index (χ4v) is 1.88. The van der Waals surface area contributed by atoms with Gasteiger partial charge in [-0.3, -0.25) is 9.69 Å². The Morgan fingerprint density at radius 3 is 3.06 bits per heavy atom. The van der Waals surface area contributed by atoms with Crippen LogP contribution in [-0.2, 0) is 17.8 Å². The van der Waals surface area contributed by atoms with Gasteiger partial charge in [0.2, 0.25) is 5.89 Å². The standard InChI is InChI=1S/C10H15N3O3/c1-2-9-11-8(12-16-9)6-13-4-3-7(5-13)10(14)15/h7H,2-6H2,1H3,(H,14,15)/t7-/m1/s1. The average Bonchev–Trinajstić information content (AvgIpc) is 2.87. The summed E-state index contributed by atoms with van der Waals surface area (Å²) in [7, 11) is 0. The molecular formula is C10H15N3O3. The fraction of sp³-hybridized carbons (Fsp3) is 0.700. The lowest BCUT2D eigenvalue weighted by molar-refractivity contribution is -0.141. The van der Waals surface area contributed by atoms with E-state index in [0.717, 1.165) is 13.0 Å². The number of carboxylic acid groups (broad SMARTS) is 1. The second-order valence-electron chi connectivity index (χ2n) is 4.02. The maximum Gasteiger partial charge on any atom is 0.307 e. The van der Waals surface area contributed by atoms with Gasteiger partial charge in [-0.15, -0.1) is 0 Å². The molecule has 1 atom stereocenters. The third-order valence-electron chi connectivity index (χ3n) is 2.80. The van der Waals surface area contributed by atoms with E-state index < -0.39 is 5.97 Å². The molecule has 1 fully saturated rings. The van der Waals surface area contributed by atoms with E-state index in [9.17, 15) is 4.79 Å². The molecule has 0 saturated carbocycles. The molecule has 2 heterocycles. The lowest BCUT2D eigenvalue weighted by Crippen LogP contribution is -2.23. The van der Waals surface area contributed by atoms with Crippen molar-refractivity contribution in [2.75, 3.05) is 13.1 Å². The molecule has 0 unspecified atom stereocenters. The predicted octanol–water partition coefficient (Wildman–Crippen LogP) is 0.538. The van der Waals surface area contributed by atoms with Crippen LogP contribution in [0.15, 0.2) is 4.52 Å². The molecule has 0 amide bonds. The lowest BCUT2D eigenvalue weighted by atomic mass is 10.1. The SMILES string of the molecule is CCc1nc(CN2CC[C@@H](C(=O)O)C2)no1. The summed E-state index contributed by atoms with van der Waals surface area (Å²) in [5.41, 5.74) is 0. The molecule has 6 heteroatoms. The van der Waals surface area contributed by atoms with Crippen molar-refractivity contribution in [1.29, 1.82) is 0 Å². The van der Waals surface area contributed by atoms with Crippen molar-refractivity contribution in [3.8, 4) is 0 Å². The van der Waals surface area contributed by atoms with Crippen molar-refractivity contribution in [3.05, 3.63) is 11.7 Å². The van der Waals surface area contributed by atoms with Crippen LogP contribution in [0.25, 0.3) is 0 Å². The number of aromatic nitrogens is 2. The number of carbonyl (C=O) groups is 1. The first-order valence-electron chi connectivity index (χ1n) is 5.45. The van der Waals surface area contributed by atoms with Crippen LogP contribution < -0.4 is 0 Å². The smallest absolute Gasteiger partial charge is 0.307 e. The Morgan fingerprint density at radius 1 is 1.69 bits per heavy atom. The maximum absolute atomic E-state index is 10.8. The first-order valence-corrected chi connectivity index (χ1v) is 5.45. The normalized spacial score (nSPS) is 21.4. The third kappa shape index (κ3) is 2.38. The molecule has 2 rings (SSSR count). The van der Waals surface area contributed by atoms with E-state index in [1.165, 1.54) is 0 Å². The minimum Gasteiger partial charge on any atom is -0.481 e. The third-order valence-corrected chi connectivity index (χ3v) is 2.80. The highest BCUT2D eigenvalue weighted by Gasteiger charge is 2.28. The van der Waals surface area contributed by atoms with Crippen molar-refractivity contribution < 1.29 is 14.4 Å². The van der Waals surface area contributed by atoms with E-state index in [2.05, 4.69) is 10.1 Å². The summed E-state index contributed by atoms with van der Waals surface area (Å²) in [5, 5.41) is 12.7. The van der Waals surface area contributed by atoms with Crippen molar-refractivity contribution in [3.63, 3.8) is 0 Å². The Morgan fingerprint density at radius 2 is 2.50 bits per heavy atom. The zero-order chi connectivity index (χ0) is 11.5. The highest BCUT2D eigenvalue weighted by atomic mass is 16.5. The second-order valence-corrected chi connectivity index (χ2v) is 4.02. The summed E-state index contributed by atoms with van der Waals surface area (Å²) in [6.07, 6.45) is 1.43. The number of carboxylic acids is 1. The molecule has 1 aliphatic rings. The Hall–Kier alpha value is -1.43. The van der Waals surface area contributed by atoms with Crippen LogP contribution in [0.2, 0.25) is 0 Å². The number of hydrogen-bond donors (Lipinski definition) is 1. The van der Waals surface area contributed by atoms with Crippen molar-refractivity contribution in [2.24, 2.45) is 5.92 Å². The van der Waals surface area contributed by atoms with Gasteiger partial charge in [0.15, 0.2) is 5.82 Å². The molecule has 0 aliphatic carbocycles. The number of likely N-dealkylation sites (tertiary alicyclic amines) is 1. The molecule has 16 heavy (non-hydrogen) atoms. The maximum atomic E-state index is 10.8. The Balaban J connectivity index is 1.89. The van der Waals surface area contributed by atoms with Gasteiger partial charge < -0.3 is 9.63 Å². The van der Waals surface area contributed by atoms with Crippen molar-refractivity contribution in [2.45, 2.75) is 26.3 Å². The summed E-state index contributed by atoms with van der Waals surface area (Å²) in [6.45, 7) is 3.89. The minimum atomic E-state index is -0.718. The molecule has 1 N–H and O–H groups in total. The Labute approximate surface area is 93.2 Å². The van der Waals surface area contributed by atoms with Gasteiger partial charge in [-0.2, -0.15) is 4.98 Å². The second kappa shape index (κ2) is 4.61. The van der Waals surface area contributed by atoms with Crippen molar-refractivity contribution in [1.82, 2.24) is 15.0 Å². The van der Waals surface area contributed by atoms with Crippen LogP contribution in [0.1, 0.15) is 25.1 Å². The average molecular weight is 225 g/mol. The van der Waals surface area contributed by atoms with E-state index in [4.69, 9.17) is 9.63 Å². The molecule has 6 nitrogen and oxygen atoms in total. The quantitative estimate of drug-likeness (QED) is 0.805. The van der Waals surface area contributed by atoms with Crippen LogP contribution in [-0.4, -0.2) is 39.2 Å². The molecular weight excluding hydrogens is 210 g/mol. The van der Waals surface area contributed by atoms with Gasteiger partial charge in [-0.1, -0.05) is 12.1 Å². The van der Waals surface area contributed by atoms with E-state index in [0.29, 0.717) is 31.2 Å². The zero-order valence-corrected chi connectivity index (χ0v) is 9.22. The molecule has 0 spiro atoms. The van der Waals surface area contributed by atoms with Crippen LogP contribution >= 0.6 is 0 Å². The largest absolute Gasteiger partial charge is 0.481 e. The first kappa shape index (κ1) is 11.1. The molecule has 1 saturated heterocycles. The molecule has 1 aromatic rings. The summed E-state index contributed by atoms with van der Waals surface area (Å²) in [4.78, 5) is 17.0. The van der Waals surface area contributed by atoms with Gasteiger partial charge in [-0.05, 0) is 13.0 Å². The molecule has 1 aliphatic heterocycles. The van der Waals surface area contributed by atoms with Crippen LogP contribution in [0, 0.1) is 5.92 Å². The number of hydrogen-bond acceptors (Lipinski definition) is 5. The van der Waals surface area contributed by atoms with Crippen molar-refractivity contribution >= 4 is 5.97 Å². The zero-order valence-electron chi connectivity index (χ0n) is 9.22. The van der Waals surface area contributed by atoms with E-state index in [1.807, 2.05) is 11.8 Å². The molecule has 0 radical (unpaired) electrons. The van der Waals surface area contributed by atoms with Crippen LogP contribution in [0.4, 0.5) is 0 Å². The Kier molecular flexibility index (Phi) is 3.19. The minimum absolute atomic E-state index is 0.252. The van der Waals surface area contributed by atoms with Gasteiger partial charge in [0.25, 0.3) is 0 Å². The number of aryl methyl sites for hydroxylation is 1. The number of aliphatic carboxylic acids is 1. The van der Waals surface area contributed by atoms with E-state index >= 15 is 0 Å². The summed E-state index contributed by atoms with van der Waals surface area (Å²) in [5.74, 6) is 0.300. The van der Waals surface area contributed by atoms with Crippen LogP contribution in [0.3, 0.4) is 0 Å².